The number of halogens is 1. The predicted molar refractivity (Wildman–Crippen MR) is 83.5 cm³/mol. The van der Waals surface area contributed by atoms with Crippen LogP contribution in [0, 0.1) is 5.92 Å². The van der Waals surface area contributed by atoms with E-state index in [1.54, 1.807) is 19.1 Å². The number of aromatic nitrogens is 2. The predicted octanol–water partition coefficient (Wildman–Crippen LogP) is 1.16. The fourth-order valence-electron chi connectivity index (χ4n) is 2.64. The Morgan fingerprint density at radius 1 is 1.50 bits per heavy atom. The molecule has 1 aliphatic carbocycles. The number of carbonyl (C=O) groups excluding carboxylic acids is 1. The summed E-state index contributed by atoms with van der Waals surface area (Å²) in [5, 5.41) is 3.86. The van der Waals surface area contributed by atoms with Crippen molar-refractivity contribution in [1.82, 2.24) is 15.0 Å². The molecule has 1 aromatic heterocycles. The van der Waals surface area contributed by atoms with E-state index in [-0.39, 0.29) is 24.4 Å². The Labute approximate surface area is 137 Å². The van der Waals surface area contributed by atoms with E-state index in [1.807, 2.05) is 0 Å². The van der Waals surface area contributed by atoms with Gasteiger partial charge in [-0.25, -0.2) is 0 Å². The Kier molecular flexibility index (Phi) is 7.78. The van der Waals surface area contributed by atoms with E-state index in [9.17, 15) is 4.79 Å². The zero-order valence-corrected chi connectivity index (χ0v) is 14.0. The zero-order chi connectivity index (χ0) is 15.2. The second-order valence-corrected chi connectivity index (χ2v) is 5.66. The summed E-state index contributed by atoms with van der Waals surface area (Å²) in [5.41, 5.74) is 6.01. The van der Waals surface area contributed by atoms with Crippen molar-refractivity contribution in [2.45, 2.75) is 44.7 Å². The maximum absolute atomic E-state index is 12.2. The van der Waals surface area contributed by atoms with Gasteiger partial charge in [-0.2, -0.15) is 4.98 Å². The van der Waals surface area contributed by atoms with E-state index in [4.69, 9.17) is 15.0 Å². The molecule has 1 amide bonds. The number of methoxy groups -OCH3 is 1. The van der Waals surface area contributed by atoms with Gasteiger partial charge in [0.15, 0.2) is 5.82 Å². The van der Waals surface area contributed by atoms with Crippen LogP contribution in [0.1, 0.15) is 37.4 Å². The number of carbonyl (C=O) groups is 1. The summed E-state index contributed by atoms with van der Waals surface area (Å²) in [6, 6.07) is 0.159. The molecule has 2 rings (SSSR count). The van der Waals surface area contributed by atoms with Gasteiger partial charge in [0.25, 0.3) is 0 Å². The minimum atomic E-state index is 0. The molecule has 0 unspecified atom stereocenters. The molecule has 0 saturated heterocycles. The second-order valence-electron chi connectivity index (χ2n) is 5.66. The van der Waals surface area contributed by atoms with Gasteiger partial charge in [0, 0.05) is 33.0 Å². The average Bonchev–Trinajstić information content (AvgIpc) is 3.06. The van der Waals surface area contributed by atoms with Gasteiger partial charge in [0.2, 0.25) is 11.8 Å². The molecular formula is C14H25ClN4O3. The van der Waals surface area contributed by atoms with Gasteiger partial charge >= 0.3 is 0 Å². The molecule has 22 heavy (non-hydrogen) atoms. The Balaban J connectivity index is 0.00000242. The van der Waals surface area contributed by atoms with Crippen LogP contribution in [-0.4, -0.2) is 47.8 Å². The third-order valence-corrected chi connectivity index (χ3v) is 3.99. The summed E-state index contributed by atoms with van der Waals surface area (Å²) in [5.74, 6) is 1.44. The van der Waals surface area contributed by atoms with Gasteiger partial charge in [0.1, 0.15) is 0 Å². The number of nitrogens with zero attached hydrogens (tertiary/aromatic N) is 3. The first-order valence-corrected chi connectivity index (χ1v) is 7.40. The molecule has 126 valence electrons. The van der Waals surface area contributed by atoms with Crippen LogP contribution in [-0.2, 0) is 22.5 Å². The van der Waals surface area contributed by atoms with E-state index in [1.165, 1.54) is 0 Å². The van der Waals surface area contributed by atoms with E-state index in [0.29, 0.717) is 43.6 Å². The first kappa shape index (κ1) is 18.9. The van der Waals surface area contributed by atoms with Crippen molar-refractivity contribution in [2.75, 3.05) is 20.8 Å². The molecule has 1 heterocycles. The Bertz CT molecular complexity index is 469. The van der Waals surface area contributed by atoms with Crippen LogP contribution in [0.4, 0.5) is 0 Å². The number of amides is 1. The van der Waals surface area contributed by atoms with Crippen LogP contribution < -0.4 is 5.73 Å². The minimum Gasteiger partial charge on any atom is -0.384 e. The van der Waals surface area contributed by atoms with Crippen molar-refractivity contribution in [3.8, 4) is 0 Å². The second kappa shape index (κ2) is 9.07. The van der Waals surface area contributed by atoms with Crippen molar-refractivity contribution in [1.29, 1.82) is 0 Å². The van der Waals surface area contributed by atoms with Crippen LogP contribution >= 0.6 is 12.4 Å². The van der Waals surface area contributed by atoms with Crippen molar-refractivity contribution in [3.05, 3.63) is 11.7 Å². The highest BCUT2D eigenvalue weighted by Crippen LogP contribution is 2.27. The summed E-state index contributed by atoms with van der Waals surface area (Å²) in [4.78, 5) is 18.1. The number of nitrogens with two attached hydrogens (primary N) is 1. The largest absolute Gasteiger partial charge is 0.384 e. The van der Waals surface area contributed by atoms with E-state index in [2.05, 4.69) is 10.1 Å². The summed E-state index contributed by atoms with van der Waals surface area (Å²) >= 11 is 0. The lowest BCUT2D eigenvalue weighted by Crippen LogP contribution is -2.32. The first-order chi connectivity index (χ1) is 10.1. The van der Waals surface area contributed by atoms with Crippen molar-refractivity contribution in [3.63, 3.8) is 0 Å². The summed E-state index contributed by atoms with van der Waals surface area (Å²) in [7, 11) is 3.38. The molecule has 0 spiro atoms. The third-order valence-electron chi connectivity index (χ3n) is 3.99. The van der Waals surface area contributed by atoms with Gasteiger partial charge < -0.3 is 19.9 Å². The van der Waals surface area contributed by atoms with Crippen LogP contribution in [0.15, 0.2) is 4.52 Å². The molecule has 0 radical (unpaired) electrons. The SMILES string of the molecule is COCCc1noc(CN(C)C(=O)C[C@@H]2CCC[C@H]2N)n1.Cl. The molecule has 1 aromatic rings. The van der Waals surface area contributed by atoms with E-state index < -0.39 is 0 Å². The monoisotopic (exact) mass is 332 g/mol. The molecule has 8 heteroatoms. The summed E-state index contributed by atoms with van der Waals surface area (Å²) < 4.78 is 10.1. The van der Waals surface area contributed by atoms with Crippen LogP contribution in [0.3, 0.4) is 0 Å². The standard InChI is InChI=1S/C14H24N4O3.ClH/c1-18(14(19)8-10-4-3-5-11(10)15)9-13-16-12(17-21-13)6-7-20-2;/h10-11H,3-9,15H2,1-2H3;1H/t10-,11+;/m0./s1. The zero-order valence-electron chi connectivity index (χ0n) is 13.2. The Morgan fingerprint density at radius 2 is 2.27 bits per heavy atom. The topological polar surface area (TPSA) is 94.5 Å². The lowest BCUT2D eigenvalue weighted by Gasteiger charge is -2.19. The maximum Gasteiger partial charge on any atom is 0.246 e. The Hall–Kier alpha value is -1.18. The summed E-state index contributed by atoms with van der Waals surface area (Å²) in [6.45, 7) is 0.883. The average molecular weight is 333 g/mol. The molecule has 2 atom stereocenters. The first-order valence-electron chi connectivity index (χ1n) is 7.40. The fraction of sp³-hybridized carbons (Fsp3) is 0.786. The van der Waals surface area contributed by atoms with Gasteiger partial charge in [0.05, 0.1) is 13.2 Å². The van der Waals surface area contributed by atoms with Crippen molar-refractivity contribution < 1.29 is 14.1 Å². The van der Waals surface area contributed by atoms with E-state index in [0.717, 1.165) is 19.3 Å². The number of ether oxygens (including phenoxy) is 1. The quantitative estimate of drug-likeness (QED) is 0.805. The third kappa shape index (κ3) is 5.23. The van der Waals surface area contributed by atoms with Gasteiger partial charge in [-0.1, -0.05) is 11.6 Å². The summed E-state index contributed by atoms with van der Waals surface area (Å²) in [6.07, 6.45) is 4.29. The molecule has 1 fully saturated rings. The fourth-order valence-corrected chi connectivity index (χ4v) is 2.64. The Morgan fingerprint density at radius 3 is 2.91 bits per heavy atom. The smallest absolute Gasteiger partial charge is 0.246 e. The van der Waals surface area contributed by atoms with Crippen LogP contribution in [0.2, 0.25) is 0 Å². The molecule has 0 aromatic carbocycles. The highest BCUT2D eigenvalue weighted by molar-refractivity contribution is 5.85. The van der Waals surface area contributed by atoms with Crippen LogP contribution in [0.25, 0.3) is 0 Å². The number of hydrogen-bond acceptors (Lipinski definition) is 6. The molecule has 7 nitrogen and oxygen atoms in total. The van der Waals surface area contributed by atoms with Gasteiger partial charge in [-0.3, -0.25) is 4.79 Å². The molecule has 1 saturated carbocycles. The van der Waals surface area contributed by atoms with Gasteiger partial charge in [-0.15, -0.1) is 12.4 Å². The molecule has 0 bridgehead atoms. The molecular weight excluding hydrogens is 308 g/mol. The van der Waals surface area contributed by atoms with E-state index >= 15 is 0 Å². The lowest BCUT2D eigenvalue weighted by molar-refractivity contribution is -0.131. The lowest BCUT2D eigenvalue weighted by atomic mass is 9.99. The maximum atomic E-state index is 12.2. The van der Waals surface area contributed by atoms with Crippen molar-refractivity contribution >= 4 is 18.3 Å². The minimum absolute atomic E-state index is 0. The normalized spacial score (nSPS) is 20.7. The van der Waals surface area contributed by atoms with Crippen molar-refractivity contribution in [2.24, 2.45) is 11.7 Å². The van der Waals surface area contributed by atoms with Crippen LogP contribution in [0.5, 0.6) is 0 Å². The number of hydrogen-bond donors (Lipinski definition) is 1. The molecule has 2 N–H and O–H groups in total. The highest BCUT2D eigenvalue weighted by atomic mass is 35.5. The van der Waals surface area contributed by atoms with Gasteiger partial charge in [-0.05, 0) is 18.8 Å². The highest BCUT2D eigenvalue weighted by Gasteiger charge is 2.27. The number of rotatable bonds is 7. The molecule has 0 aliphatic heterocycles. The molecule has 1 aliphatic rings.